The van der Waals surface area contributed by atoms with E-state index < -0.39 is 8.68 Å². The van der Waals surface area contributed by atoms with Gasteiger partial charge in [-0.05, 0) is 41.5 Å². The molecule has 0 bridgehead atoms. The highest BCUT2D eigenvalue weighted by atomic mass is 35.5. The zero-order valence-electron chi connectivity index (χ0n) is 19.6. The molecule has 0 aliphatic rings. The molecule has 8 nitrogen and oxygen atoms in total. The first kappa shape index (κ1) is 25.3. The largest absolute Gasteiger partial charge is 0.496 e. The summed E-state index contributed by atoms with van der Waals surface area (Å²) in [5, 5.41) is 8.33. The Morgan fingerprint density at radius 1 is 1.19 bits per heavy atom. The molecule has 1 amide bonds. The van der Waals surface area contributed by atoms with E-state index in [2.05, 4.69) is 15.0 Å². The maximum atomic E-state index is 13.4. The van der Waals surface area contributed by atoms with Crippen LogP contribution in [-0.2, 0) is 33.0 Å². The van der Waals surface area contributed by atoms with Crippen LogP contribution < -0.4 is 14.8 Å². The maximum absolute atomic E-state index is 13.4. The number of rotatable bonds is 9. The molecule has 37 heavy (non-hydrogen) atoms. The second-order valence-corrected chi connectivity index (χ2v) is 13.2. The van der Waals surface area contributed by atoms with Crippen molar-refractivity contribution in [3.05, 3.63) is 94.1 Å². The van der Waals surface area contributed by atoms with E-state index in [1.54, 1.807) is 37.7 Å². The number of carbonyl (C=O) groups is 1. The minimum atomic E-state index is -3.07. The number of amides is 1. The minimum absolute atomic E-state index is 0.146. The molecule has 2 aromatic carbocycles. The molecule has 3 heterocycles. The number of benzene rings is 2. The fourth-order valence-corrected chi connectivity index (χ4v) is 7.14. The Morgan fingerprint density at radius 3 is 2.73 bits per heavy atom. The Labute approximate surface area is 227 Å². The van der Waals surface area contributed by atoms with Gasteiger partial charge in [0.1, 0.15) is 9.96 Å². The Hall–Kier alpha value is -3.38. The van der Waals surface area contributed by atoms with Crippen molar-refractivity contribution >= 4 is 65.4 Å². The molecule has 0 fully saturated rings. The van der Waals surface area contributed by atoms with Crippen LogP contribution in [0.1, 0.15) is 21.5 Å². The van der Waals surface area contributed by atoms with Crippen LogP contribution in [-0.4, -0.2) is 32.0 Å². The number of hydrogen-bond acceptors (Lipinski definition) is 6. The van der Waals surface area contributed by atoms with Crippen LogP contribution in [0.2, 0.25) is 4.34 Å². The fourth-order valence-electron chi connectivity index (χ4n) is 3.94. The number of hydrogen-bond donors (Lipinski definition) is 3. The maximum Gasteiger partial charge on any atom is 0.253 e. The lowest BCUT2D eigenvalue weighted by Gasteiger charge is -2.08. The molecule has 0 aliphatic heterocycles. The Morgan fingerprint density at radius 2 is 2.00 bits per heavy atom. The third kappa shape index (κ3) is 5.49. The van der Waals surface area contributed by atoms with Crippen LogP contribution in [0.3, 0.4) is 0 Å². The number of nitrogens with one attached hydrogen (secondary N) is 3. The third-order valence-corrected chi connectivity index (χ3v) is 9.85. The highest BCUT2D eigenvalue weighted by molar-refractivity contribution is 8.34. The van der Waals surface area contributed by atoms with Crippen LogP contribution in [0.25, 0.3) is 10.9 Å². The smallest absolute Gasteiger partial charge is 0.253 e. The van der Waals surface area contributed by atoms with E-state index in [1.807, 2.05) is 47.1 Å². The minimum Gasteiger partial charge on any atom is -0.496 e. The molecule has 190 valence electrons. The number of aromatic amines is 1. The summed E-state index contributed by atoms with van der Waals surface area (Å²) in [5.74, 6) is 0.806. The molecule has 1 atom stereocenters. The summed E-state index contributed by atoms with van der Waals surface area (Å²) in [6.45, 7) is 0.827. The van der Waals surface area contributed by atoms with E-state index in [-0.39, 0.29) is 5.91 Å². The first-order valence-electron chi connectivity index (χ1n) is 11.1. The predicted octanol–water partition coefficient (Wildman–Crippen LogP) is 5.20. The number of nitrogens with zero attached hydrogens (tertiary/aromatic N) is 2. The quantitative estimate of drug-likeness (QED) is 0.226. The molecular weight excluding hydrogens is 550 g/mol. The zero-order chi connectivity index (χ0) is 26.0. The van der Waals surface area contributed by atoms with Crippen molar-refractivity contribution in [2.24, 2.45) is 0 Å². The first-order chi connectivity index (χ1) is 17.8. The van der Waals surface area contributed by atoms with Gasteiger partial charge in [-0.1, -0.05) is 41.9 Å². The highest BCUT2D eigenvalue weighted by Crippen LogP contribution is 2.35. The normalized spacial score (nSPS) is 12.8. The fraction of sp³-hybridized carbons (Fsp3) is 0.120. The van der Waals surface area contributed by atoms with Gasteiger partial charge < -0.3 is 15.0 Å². The summed E-state index contributed by atoms with van der Waals surface area (Å²) in [6.07, 6.45) is 3.37. The summed E-state index contributed by atoms with van der Waals surface area (Å²) in [4.78, 5) is 15.2. The molecule has 5 aromatic rings. The number of fused-ring (bicyclic) bond motifs is 1. The molecule has 0 spiro atoms. The Bertz CT molecular complexity index is 1680. The molecule has 12 heteroatoms. The van der Waals surface area contributed by atoms with E-state index in [0.29, 0.717) is 44.2 Å². The molecule has 0 radical (unpaired) electrons. The second-order valence-electron chi connectivity index (χ2n) is 8.13. The van der Waals surface area contributed by atoms with Gasteiger partial charge in [-0.25, -0.2) is 4.21 Å². The van der Waals surface area contributed by atoms with E-state index in [1.165, 1.54) is 11.3 Å². The summed E-state index contributed by atoms with van der Waals surface area (Å²) in [7, 11) is -1.49. The summed E-state index contributed by atoms with van der Waals surface area (Å²) >= 11 is 12.6. The molecular formula is C25H22ClN5O3S3. The number of thiophene rings is 1. The number of halogens is 1. The SMILES string of the molecule is COc1cccc2c1c(NS(=O)(=S)c1ccc(Cl)s1)nn2Cc1cccc(CNC(=O)c2cc[nH]c2)c1. The number of carbonyl (C=O) groups excluding carboxylic acids is 1. The predicted molar refractivity (Wildman–Crippen MR) is 151 cm³/mol. The van der Waals surface area contributed by atoms with Crippen molar-refractivity contribution < 1.29 is 13.7 Å². The standard InChI is InChI=1S/C25H22ClN5O3S3/c1-34-20-7-3-6-19-23(20)24(30-37(33,35)22-9-8-21(26)36-22)29-31(19)15-17-5-2-4-16(12-17)13-28-25(32)18-10-11-27-14-18/h2-12,14,27H,13,15H2,1H3,(H,28,32)(H,29,30). The van der Waals surface area contributed by atoms with Gasteiger partial charge in [-0.15, -0.1) is 11.3 Å². The van der Waals surface area contributed by atoms with Crippen molar-refractivity contribution in [2.45, 2.75) is 17.3 Å². The van der Waals surface area contributed by atoms with Crippen molar-refractivity contribution in [1.29, 1.82) is 0 Å². The van der Waals surface area contributed by atoms with Crippen LogP contribution in [0.4, 0.5) is 5.82 Å². The van der Waals surface area contributed by atoms with E-state index in [0.717, 1.165) is 16.6 Å². The monoisotopic (exact) mass is 571 g/mol. The lowest BCUT2D eigenvalue weighted by Crippen LogP contribution is -2.22. The lowest BCUT2D eigenvalue weighted by molar-refractivity contribution is 0.0951. The third-order valence-electron chi connectivity index (χ3n) is 5.64. The molecule has 0 saturated carbocycles. The number of aromatic nitrogens is 3. The van der Waals surface area contributed by atoms with Crippen LogP contribution in [0.15, 0.2) is 77.3 Å². The number of anilines is 1. The molecule has 5 rings (SSSR count). The molecule has 3 N–H and O–H groups in total. The van der Waals surface area contributed by atoms with Gasteiger partial charge in [0, 0.05) is 30.1 Å². The van der Waals surface area contributed by atoms with E-state index in [9.17, 15) is 9.00 Å². The van der Waals surface area contributed by atoms with Crippen molar-refractivity contribution in [2.75, 3.05) is 11.8 Å². The summed E-state index contributed by atoms with van der Waals surface area (Å²) in [6, 6.07) is 18.6. The van der Waals surface area contributed by atoms with E-state index in [4.69, 9.17) is 32.6 Å². The molecule has 0 saturated heterocycles. The van der Waals surface area contributed by atoms with Crippen molar-refractivity contribution in [1.82, 2.24) is 20.1 Å². The van der Waals surface area contributed by atoms with Crippen molar-refractivity contribution in [3.8, 4) is 5.75 Å². The topological polar surface area (TPSA) is 101 Å². The zero-order valence-corrected chi connectivity index (χ0v) is 22.8. The number of ether oxygens (including phenoxy) is 1. The van der Waals surface area contributed by atoms with Gasteiger partial charge in [0.25, 0.3) is 5.91 Å². The van der Waals surface area contributed by atoms with Crippen LogP contribution >= 0.6 is 22.9 Å². The number of methoxy groups -OCH3 is 1. The Balaban J connectivity index is 1.43. The van der Waals surface area contributed by atoms with Gasteiger partial charge in [0.2, 0.25) is 0 Å². The molecule has 1 unspecified atom stereocenters. The first-order valence-corrected chi connectivity index (χ1v) is 14.8. The van der Waals surface area contributed by atoms with E-state index >= 15 is 0 Å². The van der Waals surface area contributed by atoms with Crippen LogP contribution in [0.5, 0.6) is 5.75 Å². The highest BCUT2D eigenvalue weighted by Gasteiger charge is 2.21. The Kier molecular flexibility index (Phi) is 7.20. The van der Waals surface area contributed by atoms with Gasteiger partial charge in [-0.2, -0.15) is 5.10 Å². The van der Waals surface area contributed by atoms with Crippen molar-refractivity contribution in [3.63, 3.8) is 0 Å². The summed E-state index contributed by atoms with van der Waals surface area (Å²) in [5.41, 5.74) is 3.31. The van der Waals surface area contributed by atoms with Gasteiger partial charge in [0.05, 0.1) is 34.5 Å². The average molecular weight is 572 g/mol. The average Bonchev–Trinajstić information content (AvgIpc) is 3.64. The van der Waals surface area contributed by atoms with Gasteiger partial charge in [-0.3, -0.25) is 14.2 Å². The molecule has 0 aliphatic carbocycles. The van der Waals surface area contributed by atoms with Gasteiger partial charge >= 0.3 is 0 Å². The molecule has 3 aromatic heterocycles. The van der Waals surface area contributed by atoms with Crippen LogP contribution in [0, 0.1) is 0 Å². The number of H-pyrrole nitrogens is 1. The van der Waals surface area contributed by atoms with Gasteiger partial charge in [0.15, 0.2) is 14.5 Å². The summed E-state index contributed by atoms with van der Waals surface area (Å²) < 4.78 is 24.7. The lowest BCUT2D eigenvalue weighted by atomic mass is 10.1. The second kappa shape index (κ2) is 10.5.